The first-order valence-corrected chi connectivity index (χ1v) is 8.78. The van der Waals surface area contributed by atoms with Crippen molar-refractivity contribution in [2.45, 2.75) is 107 Å². The van der Waals surface area contributed by atoms with Crippen molar-refractivity contribution in [3.05, 3.63) is 0 Å². The van der Waals surface area contributed by atoms with Crippen LogP contribution in [-0.2, 0) is 0 Å². The Hall–Kier alpha value is 0. The molecule has 0 N–H and O–H groups in total. The Labute approximate surface area is 123 Å². The van der Waals surface area contributed by atoms with Crippen LogP contribution >= 0.6 is 0 Å². The van der Waals surface area contributed by atoms with Crippen LogP contribution in [0.1, 0.15) is 107 Å². The van der Waals surface area contributed by atoms with E-state index in [1.807, 2.05) is 0 Å². The van der Waals surface area contributed by atoms with Crippen molar-refractivity contribution in [2.75, 3.05) is 0 Å². The van der Waals surface area contributed by atoms with Crippen LogP contribution in [0.2, 0.25) is 0 Å². The molecular formula is C19H40. The molecule has 0 spiro atoms. The maximum atomic E-state index is 2.50. The fourth-order valence-corrected chi connectivity index (χ4v) is 3.62. The summed E-state index contributed by atoms with van der Waals surface area (Å²) in [5, 5.41) is 0. The zero-order chi connectivity index (χ0) is 15.2. The van der Waals surface area contributed by atoms with Gasteiger partial charge in [0.1, 0.15) is 0 Å². The van der Waals surface area contributed by atoms with E-state index in [9.17, 15) is 0 Å². The monoisotopic (exact) mass is 268 g/mol. The molecule has 0 fully saturated rings. The summed E-state index contributed by atoms with van der Waals surface area (Å²) in [6, 6.07) is 0. The lowest BCUT2D eigenvalue weighted by molar-refractivity contribution is 0.0579. The molecule has 116 valence electrons. The fraction of sp³-hybridized carbons (Fsp3) is 1.00. The van der Waals surface area contributed by atoms with Crippen LogP contribution in [0.25, 0.3) is 0 Å². The average molecular weight is 269 g/mol. The second-order valence-electron chi connectivity index (χ2n) is 7.60. The third kappa shape index (κ3) is 5.12. The van der Waals surface area contributed by atoms with E-state index in [-0.39, 0.29) is 0 Å². The molecule has 0 nitrogen and oxygen atoms in total. The summed E-state index contributed by atoms with van der Waals surface area (Å²) in [7, 11) is 0. The quantitative estimate of drug-likeness (QED) is 0.392. The lowest BCUT2D eigenvalue weighted by atomic mass is 9.60. The van der Waals surface area contributed by atoms with Gasteiger partial charge in [-0.1, -0.05) is 93.9 Å². The third-order valence-corrected chi connectivity index (χ3v) is 6.52. The minimum absolute atomic E-state index is 0.536. The van der Waals surface area contributed by atoms with E-state index in [2.05, 4.69) is 55.4 Å². The molecule has 0 heteroatoms. The highest BCUT2D eigenvalue weighted by Crippen LogP contribution is 2.50. The second-order valence-corrected chi connectivity index (χ2v) is 7.60. The van der Waals surface area contributed by atoms with Crippen LogP contribution in [-0.4, -0.2) is 0 Å². The molecule has 0 atom stereocenters. The molecule has 0 aromatic heterocycles. The maximum Gasteiger partial charge on any atom is -0.0292 e. The van der Waals surface area contributed by atoms with Gasteiger partial charge < -0.3 is 0 Å². The summed E-state index contributed by atoms with van der Waals surface area (Å²) in [5.41, 5.74) is 1.63. The number of rotatable bonds is 10. The molecule has 0 saturated heterocycles. The van der Waals surface area contributed by atoms with E-state index in [1.165, 1.54) is 51.4 Å². The third-order valence-electron chi connectivity index (χ3n) is 6.52. The van der Waals surface area contributed by atoms with Crippen molar-refractivity contribution in [1.29, 1.82) is 0 Å². The largest absolute Gasteiger partial charge is 0.0649 e. The Balaban J connectivity index is 5.15. The van der Waals surface area contributed by atoms with Crippen molar-refractivity contribution in [1.82, 2.24) is 0 Å². The standard InChI is InChI=1S/C19H40/c1-9-17(7,10-2)15-19(13-5,14-6)16-18(8,11-3)12-4/h9-16H2,1-8H3. The first-order chi connectivity index (χ1) is 8.78. The van der Waals surface area contributed by atoms with Crippen LogP contribution in [0.15, 0.2) is 0 Å². The van der Waals surface area contributed by atoms with Gasteiger partial charge in [-0.05, 0) is 29.1 Å². The molecule has 0 heterocycles. The molecule has 0 aromatic rings. The van der Waals surface area contributed by atoms with Gasteiger partial charge in [-0.15, -0.1) is 0 Å². The molecule has 0 rings (SSSR count). The smallest absolute Gasteiger partial charge is 0.0292 e. The highest BCUT2D eigenvalue weighted by atomic mass is 14.4. The predicted molar refractivity (Wildman–Crippen MR) is 89.6 cm³/mol. The van der Waals surface area contributed by atoms with Crippen LogP contribution in [0, 0.1) is 16.2 Å². The summed E-state index contributed by atoms with van der Waals surface area (Å²) < 4.78 is 0. The van der Waals surface area contributed by atoms with Gasteiger partial charge >= 0.3 is 0 Å². The lowest BCUT2D eigenvalue weighted by Gasteiger charge is -2.45. The normalized spacial score (nSPS) is 13.9. The van der Waals surface area contributed by atoms with E-state index < -0.39 is 0 Å². The number of hydrogen-bond donors (Lipinski definition) is 0. The second kappa shape index (κ2) is 7.70. The molecule has 0 amide bonds. The summed E-state index contributed by atoms with van der Waals surface area (Å²) in [6.07, 6.45) is 10.8. The van der Waals surface area contributed by atoms with E-state index in [4.69, 9.17) is 0 Å². The highest BCUT2D eigenvalue weighted by Gasteiger charge is 2.38. The van der Waals surface area contributed by atoms with Crippen LogP contribution in [0.5, 0.6) is 0 Å². The summed E-state index contributed by atoms with van der Waals surface area (Å²) in [6.45, 7) is 19.3. The molecule has 0 aliphatic rings. The summed E-state index contributed by atoms with van der Waals surface area (Å²) in [5.74, 6) is 0. The van der Waals surface area contributed by atoms with Crippen LogP contribution in [0.3, 0.4) is 0 Å². The van der Waals surface area contributed by atoms with E-state index in [0.29, 0.717) is 16.2 Å². The number of hydrogen-bond acceptors (Lipinski definition) is 0. The van der Waals surface area contributed by atoms with Crippen molar-refractivity contribution in [2.24, 2.45) is 16.2 Å². The Bertz CT molecular complexity index is 204. The van der Waals surface area contributed by atoms with Crippen LogP contribution in [0.4, 0.5) is 0 Å². The molecule has 0 bridgehead atoms. The zero-order valence-corrected chi connectivity index (χ0v) is 15.2. The van der Waals surface area contributed by atoms with Gasteiger partial charge in [0, 0.05) is 0 Å². The van der Waals surface area contributed by atoms with Gasteiger partial charge in [-0.3, -0.25) is 0 Å². The lowest BCUT2D eigenvalue weighted by Crippen LogP contribution is -2.34. The first kappa shape index (κ1) is 19.0. The van der Waals surface area contributed by atoms with E-state index in [1.54, 1.807) is 0 Å². The van der Waals surface area contributed by atoms with Gasteiger partial charge in [-0.2, -0.15) is 0 Å². The summed E-state index contributed by atoms with van der Waals surface area (Å²) in [4.78, 5) is 0. The topological polar surface area (TPSA) is 0 Å². The van der Waals surface area contributed by atoms with Crippen molar-refractivity contribution < 1.29 is 0 Å². The van der Waals surface area contributed by atoms with Gasteiger partial charge in [0.2, 0.25) is 0 Å². The Morgan fingerprint density at radius 2 is 0.737 bits per heavy atom. The fourth-order valence-electron chi connectivity index (χ4n) is 3.62. The summed E-state index contributed by atoms with van der Waals surface area (Å²) >= 11 is 0. The Morgan fingerprint density at radius 3 is 0.895 bits per heavy atom. The average Bonchev–Trinajstić information content (AvgIpc) is 2.46. The molecule has 0 unspecified atom stereocenters. The molecular weight excluding hydrogens is 228 g/mol. The molecule has 19 heavy (non-hydrogen) atoms. The van der Waals surface area contributed by atoms with E-state index in [0.717, 1.165) is 0 Å². The predicted octanol–water partition coefficient (Wildman–Crippen LogP) is 7.23. The van der Waals surface area contributed by atoms with Gasteiger partial charge in [0.05, 0.1) is 0 Å². The molecule has 0 aliphatic heterocycles. The first-order valence-electron chi connectivity index (χ1n) is 8.78. The molecule has 0 saturated carbocycles. The van der Waals surface area contributed by atoms with E-state index >= 15 is 0 Å². The molecule has 0 radical (unpaired) electrons. The zero-order valence-electron chi connectivity index (χ0n) is 15.2. The highest BCUT2D eigenvalue weighted by molar-refractivity contribution is 4.90. The van der Waals surface area contributed by atoms with Crippen molar-refractivity contribution in [3.8, 4) is 0 Å². The van der Waals surface area contributed by atoms with Crippen molar-refractivity contribution in [3.63, 3.8) is 0 Å². The van der Waals surface area contributed by atoms with Gasteiger partial charge in [0.15, 0.2) is 0 Å². The molecule has 0 aromatic carbocycles. The van der Waals surface area contributed by atoms with Crippen molar-refractivity contribution >= 4 is 0 Å². The maximum absolute atomic E-state index is 2.50. The molecule has 0 aliphatic carbocycles. The SMILES string of the molecule is CCC(C)(CC)CC(CC)(CC)CC(C)(CC)CC. The minimum Gasteiger partial charge on any atom is -0.0649 e. The van der Waals surface area contributed by atoms with Gasteiger partial charge in [-0.25, -0.2) is 0 Å². The minimum atomic E-state index is 0.536. The Kier molecular flexibility index (Phi) is 7.70. The Morgan fingerprint density at radius 1 is 0.474 bits per heavy atom. The van der Waals surface area contributed by atoms with Gasteiger partial charge in [0.25, 0.3) is 0 Å². The van der Waals surface area contributed by atoms with Crippen LogP contribution < -0.4 is 0 Å².